The number of hydrogen-bond donors (Lipinski definition) is 2. The van der Waals surface area contributed by atoms with Gasteiger partial charge in [0.15, 0.2) is 0 Å². The summed E-state index contributed by atoms with van der Waals surface area (Å²) >= 11 is 1.59. The molecule has 0 aliphatic heterocycles. The number of anilines is 1. The monoisotopic (exact) mass is 383 g/mol. The largest absolute Gasteiger partial charge is 0.325 e. The van der Waals surface area contributed by atoms with E-state index in [1.165, 1.54) is 12.1 Å². The van der Waals surface area contributed by atoms with Gasteiger partial charge in [0.25, 0.3) is 0 Å². The Morgan fingerprint density at radius 2 is 1.92 bits per heavy atom. The topological polar surface area (TPSA) is 88.2 Å². The second-order valence-corrected chi connectivity index (χ2v) is 8.02. The van der Waals surface area contributed by atoms with Crippen LogP contribution in [0.25, 0.3) is 0 Å². The minimum Gasteiger partial charge on any atom is -0.325 e. The normalized spacial score (nSPS) is 11.3. The summed E-state index contributed by atoms with van der Waals surface area (Å²) in [7, 11) is -3.77. The van der Waals surface area contributed by atoms with E-state index in [2.05, 4.69) is 15.0 Å². The molecule has 2 rings (SSSR count). The zero-order valence-corrected chi connectivity index (χ0v) is 15.2. The Balaban J connectivity index is 1.82. The number of pyridine rings is 1. The predicted molar refractivity (Wildman–Crippen MR) is 95.5 cm³/mol. The molecular formula is C16H18FN3O3S2. The first-order valence-electron chi connectivity index (χ1n) is 7.54. The van der Waals surface area contributed by atoms with Gasteiger partial charge in [-0.2, -0.15) is 0 Å². The van der Waals surface area contributed by atoms with Crippen LogP contribution in [0, 0.1) is 5.82 Å². The van der Waals surface area contributed by atoms with Crippen LogP contribution in [0.2, 0.25) is 0 Å². The molecule has 1 amide bonds. The van der Waals surface area contributed by atoms with E-state index in [0.29, 0.717) is 5.69 Å². The molecule has 0 bridgehead atoms. The van der Waals surface area contributed by atoms with Gasteiger partial charge in [-0.1, -0.05) is 6.92 Å². The van der Waals surface area contributed by atoms with Crippen molar-refractivity contribution in [1.29, 1.82) is 0 Å². The van der Waals surface area contributed by atoms with Gasteiger partial charge in [-0.15, -0.1) is 11.8 Å². The van der Waals surface area contributed by atoms with Crippen molar-refractivity contribution in [1.82, 2.24) is 9.71 Å². The zero-order valence-electron chi connectivity index (χ0n) is 13.5. The number of rotatable bonds is 8. The van der Waals surface area contributed by atoms with Crippen LogP contribution in [0.5, 0.6) is 0 Å². The third kappa shape index (κ3) is 6.11. The lowest BCUT2D eigenvalue weighted by Gasteiger charge is -2.08. The maximum atomic E-state index is 12.8. The highest BCUT2D eigenvalue weighted by atomic mass is 32.2. The Kier molecular flexibility index (Phi) is 6.91. The van der Waals surface area contributed by atoms with E-state index >= 15 is 0 Å². The summed E-state index contributed by atoms with van der Waals surface area (Å²) in [6.07, 6.45) is 1.52. The maximum absolute atomic E-state index is 12.8. The lowest BCUT2D eigenvalue weighted by molar-refractivity contribution is -0.116. The molecule has 2 aromatic rings. The summed E-state index contributed by atoms with van der Waals surface area (Å²) in [5.41, 5.74) is 0.548. The number of hydrogen-bond acceptors (Lipinski definition) is 5. The van der Waals surface area contributed by atoms with Crippen molar-refractivity contribution < 1.29 is 17.6 Å². The highest BCUT2D eigenvalue weighted by molar-refractivity contribution is 7.99. The Labute approximate surface area is 150 Å². The number of carbonyl (C=O) groups excluding carboxylic acids is 1. The molecule has 0 fully saturated rings. The summed E-state index contributed by atoms with van der Waals surface area (Å²) in [6.45, 7) is 1.96. The molecule has 2 N–H and O–H groups in total. The van der Waals surface area contributed by atoms with Gasteiger partial charge < -0.3 is 5.32 Å². The van der Waals surface area contributed by atoms with Crippen LogP contribution >= 0.6 is 11.8 Å². The van der Waals surface area contributed by atoms with Crippen LogP contribution in [0.15, 0.2) is 52.5 Å². The molecule has 9 heteroatoms. The SMILES string of the molecule is CCSc1ccc(NC(=O)CCNS(=O)(=O)c2ccc(F)cc2)cn1. The van der Waals surface area contributed by atoms with Crippen molar-refractivity contribution in [3.05, 3.63) is 48.4 Å². The highest BCUT2D eigenvalue weighted by Gasteiger charge is 2.14. The van der Waals surface area contributed by atoms with Crippen LogP contribution in [0.3, 0.4) is 0 Å². The molecule has 0 saturated heterocycles. The second kappa shape index (κ2) is 8.93. The van der Waals surface area contributed by atoms with Crippen molar-refractivity contribution in [2.24, 2.45) is 0 Å². The average molecular weight is 383 g/mol. The van der Waals surface area contributed by atoms with Gasteiger partial charge in [0.05, 0.1) is 21.8 Å². The molecule has 1 aromatic heterocycles. The van der Waals surface area contributed by atoms with Gasteiger partial charge in [0, 0.05) is 13.0 Å². The Morgan fingerprint density at radius 1 is 1.20 bits per heavy atom. The fourth-order valence-electron chi connectivity index (χ4n) is 1.91. The maximum Gasteiger partial charge on any atom is 0.240 e. The van der Waals surface area contributed by atoms with Crippen LogP contribution in [0.1, 0.15) is 13.3 Å². The second-order valence-electron chi connectivity index (χ2n) is 4.97. The Hall–Kier alpha value is -1.97. The summed E-state index contributed by atoms with van der Waals surface area (Å²) in [5, 5.41) is 3.52. The van der Waals surface area contributed by atoms with Gasteiger partial charge in [-0.3, -0.25) is 4.79 Å². The number of carbonyl (C=O) groups is 1. The lowest BCUT2D eigenvalue weighted by atomic mass is 10.3. The minimum absolute atomic E-state index is 0.0358. The molecule has 0 aliphatic carbocycles. The molecule has 0 radical (unpaired) electrons. The fraction of sp³-hybridized carbons (Fsp3) is 0.250. The first kappa shape index (κ1) is 19.4. The Bertz CT molecular complexity index is 810. The summed E-state index contributed by atoms with van der Waals surface area (Å²) in [4.78, 5) is 16.0. The standard InChI is InChI=1S/C16H18FN3O3S2/c1-2-24-16-8-5-13(11-18-16)20-15(21)9-10-19-25(22,23)14-6-3-12(17)4-7-14/h3-8,11,19H,2,9-10H2,1H3,(H,20,21). The van der Waals surface area contributed by atoms with Crippen LogP contribution in [-0.2, 0) is 14.8 Å². The number of thioether (sulfide) groups is 1. The smallest absolute Gasteiger partial charge is 0.240 e. The molecule has 0 spiro atoms. The summed E-state index contributed by atoms with van der Waals surface area (Å²) in [6, 6.07) is 8.01. The molecule has 0 unspecified atom stereocenters. The van der Waals surface area contributed by atoms with Gasteiger partial charge in [-0.25, -0.2) is 22.5 Å². The third-order valence-corrected chi connectivity index (χ3v) is 5.38. The van der Waals surface area contributed by atoms with E-state index in [-0.39, 0.29) is 23.8 Å². The van der Waals surface area contributed by atoms with Crippen molar-refractivity contribution in [2.45, 2.75) is 23.3 Å². The molecular weight excluding hydrogens is 365 g/mol. The van der Waals surface area contributed by atoms with Crippen molar-refractivity contribution in [3.63, 3.8) is 0 Å². The molecule has 1 aromatic carbocycles. The minimum atomic E-state index is -3.77. The molecule has 134 valence electrons. The third-order valence-electron chi connectivity index (χ3n) is 3.08. The molecule has 25 heavy (non-hydrogen) atoms. The van der Waals surface area contributed by atoms with Crippen molar-refractivity contribution in [2.75, 3.05) is 17.6 Å². The highest BCUT2D eigenvalue weighted by Crippen LogP contribution is 2.16. The summed E-state index contributed by atoms with van der Waals surface area (Å²) in [5.74, 6) is 0.0576. The lowest BCUT2D eigenvalue weighted by Crippen LogP contribution is -2.27. The van der Waals surface area contributed by atoms with E-state index in [1.807, 2.05) is 6.92 Å². The van der Waals surface area contributed by atoms with Crippen LogP contribution in [-0.4, -0.2) is 31.6 Å². The Morgan fingerprint density at radius 3 is 2.52 bits per heavy atom. The fourth-order valence-corrected chi connectivity index (χ4v) is 3.53. The number of benzene rings is 1. The van der Waals surface area contributed by atoms with Crippen molar-refractivity contribution >= 4 is 33.4 Å². The number of halogens is 1. The van der Waals surface area contributed by atoms with Gasteiger partial charge in [0.2, 0.25) is 15.9 Å². The van der Waals surface area contributed by atoms with Gasteiger partial charge in [0.1, 0.15) is 5.82 Å². The number of nitrogens with one attached hydrogen (secondary N) is 2. The number of sulfonamides is 1. The predicted octanol–water partition coefficient (Wildman–Crippen LogP) is 2.64. The zero-order chi connectivity index (χ0) is 18.3. The first-order chi connectivity index (χ1) is 11.9. The van der Waals surface area contributed by atoms with E-state index in [9.17, 15) is 17.6 Å². The molecule has 0 saturated carbocycles. The van der Waals surface area contributed by atoms with E-state index < -0.39 is 15.8 Å². The van der Waals surface area contributed by atoms with Gasteiger partial charge in [-0.05, 0) is 42.2 Å². The van der Waals surface area contributed by atoms with E-state index in [4.69, 9.17) is 0 Å². The van der Waals surface area contributed by atoms with E-state index in [0.717, 1.165) is 22.9 Å². The number of aromatic nitrogens is 1. The number of nitrogens with zero attached hydrogens (tertiary/aromatic N) is 1. The quantitative estimate of drug-likeness (QED) is 0.684. The van der Waals surface area contributed by atoms with Crippen molar-refractivity contribution in [3.8, 4) is 0 Å². The number of amides is 1. The average Bonchev–Trinajstić information content (AvgIpc) is 2.57. The molecule has 6 nitrogen and oxygen atoms in total. The molecule has 1 heterocycles. The van der Waals surface area contributed by atoms with Gasteiger partial charge >= 0.3 is 0 Å². The molecule has 0 aliphatic rings. The van der Waals surface area contributed by atoms with Crippen LogP contribution in [0.4, 0.5) is 10.1 Å². The van der Waals surface area contributed by atoms with E-state index in [1.54, 1.807) is 30.1 Å². The first-order valence-corrected chi connectivity index (χ1v) is 10.0. The summed E-state index contributed by atoms with van der Waals surface area (Å²) < 4.78 is 39.1. The van der Waals surface area contributed by atoms with Crippen LogP contribution < -0.4 is 10.0 Å². The molecule has 0 atom stereocenters.